The fourth-order valence-corrected chi connectivity index (χ4v) is 2.25. The van der Waals surface area contributed by atoms with Crippen LogP contribution in [0.4, 0.5) is 4.79 Å². The Morgan fingerprint density at radius 1 is 1.29 bits per heavy atom. The van der Waals surface area contributed by atoms with Crippen molar-refractivity contribution in [2.75, 3.05) is 24.6 Å². The first-order valence-electron chi connectivity index (χ1n) is 7.57. The third-order valence-corrected chi connectivity index (χ3v) is 3.64. The van der Waals surface area contributed by atoms with Gasteiger partial charge in [-0.1, -0.05) is 0 Å². The van der Waals surface area contributed by atoms with Gasteiger partial charge in [-0.25, -0.2) is 9.78 Å². The number of nitrogens with zero attached hydrogens (tertiary/aromatic N) is 2. The largest absolute Gasteiger partial charge is 0.618 e. The van der Waals surface area contributed by atoms with Crippen LogP contribution in [-0.4, -0.2) is 47.2 Å². The van der Waals surface area contributed by atoms with Crippen molar-refractivity contribution in [1.29, 1.82) is 0 Å². The van der Waals surface area contributed by atoms with Gasteiger partial charge in [0, 0.05) is 31.5 Å². The molecule has 0 aromatic carbocycles. The predicted octanol–water partition coefficient (Wildman–Crippen LogP) is 1.01. The standard InChI is InChI=1S/C15H24N4O4S/c1-11-9-18-12(10-19(11)22)13(20)16-5-7-24-8-6-17-14(21)23-15(2,3)4/h9-10H,5-8H2,1-4H3,(H,16,20)(H,17,21). The van der Waals surface area contributed by atoms with Crippen molar-refractivity contribution in [2.45, 2.75) is 33.3 Å². The molecule has 0 saturated heterocycles. The van der Waals surface area contributed by atoms with Crippen LogP contribution in [0.15, 0.2) is 12.4 Å². The molecule has 0 aliphatic rings. The van der Waals surface area contributed by atoms with Crippen LogP contribution >= 0.6 is 11.8 Å². The van der Waals surface area contributed by atoms with Gasteiger partial charge >= 0.3 is 6.09 Å². The molecule has 1 aromatic rings. The number of nitrogens with one attached hydrogen (secondary N) is 2. The van der Waals surface area contributed by atoms with Crippen molar-refractivity contribution in [3.8, 4) is 0 Å². The lowest BCUT2D eigenvalue weighted by molar-refractivity contribution is -0.613. The third-order valence-electron chi connectivity index (χ3n) is 2.66. The summed E-state index contributed by atoms with van der Waals surface area (Å²) in [4.78, 5) is 27.1. The zero-order valence-electron chi connectivity index (χ0n) is 14.4. The number of hydrogen-bond acceptors (Lipinski definition) is 6. The molecule has 1 heterocycles. The molecular formula is C15H24N4O4S. The normalized spacial score (nSPS) is 11.0. The van der Waals surface area contributed by atoms with Crippen LogP contribution in [0.1, 0.15) is 37.0 Å². The number of thioether (sulfide) groups is 1. The van der Waals surface area contributed by atoms with E-state index in [-0.39, 0.29) is 11.6 Å². The van der Waals surface area contributed by atoms with Gasteiger partial charge in [0.05, 0.1) is 6.20 Å². The Labute approximate surface area is 146 Å². The Kier molecular flexibility index (Phi) is 7.76. The van der Waals surface area contributed by atoms with E-state index in [1.54, 1.807) is 39.5 Å². The molecule has 0 atom stereocenters. The molecule has 0 spiro atoms. The number of aromatic nitrogens is 2. The van der Waals surface area contributed by atoms with E-state index < -0.39 is 11.7 Å². The van der Waals surface area contributed by atoms with Gasteiger partial charge in [0.25, 0.3) is 5.91 Å². The molecule has 8 nitrogen and oxygen atoms in total. The molecule has 0 radical (unpaired) electrons. The zero-order chi connectivity index (χ0) is 18.2. The first kappa shape index (κ1) is 20.0. The van der Waals surface area contributed by atoms with Crippen molar-refractivity contribution < 1.29 is 19.1 Å². The molecule has 0 aliphatic carbocycles. The van der Waals surface area contributed by atoms with Crippen LogP contribution in [0.3, 0.4) is 0 Å². The van der Waals surface area contributed by atoms with Crippen molar-refractivity contribution >= 4 is 23.8 Å². The summed E-state index contributed by atoms with van der Waals surface area (Å²) in [6.07, 6.45) is 2.08. The molecule has 2 N–H and O–H groups in total. The Morgan fingerprint density at radius 3 is 2.50 bits per heavy atom. The molecule has 0 aliphatic heterocycles. The summed E-state index contributed by atoms with van der Waals surface area (Å²) >= 11 is 1.58. The highest BCUT2D eigenvalue weighted by Gasteiger charge is 2.15. The highest BCUT2D eigenvalue weighted by Crippen LogP contribution is 2.06. The van der Waals surface area contributed by atoms with E-state index in [2.05, 4.69) is 15.6 Å². The quantitative estimate of drug-likeness (QED) is 0.429. The molecule has 1 rings (SSSR count). The van der Waals surface area contributed by atoms with E-state index in [4.69, 9.17) is 4.74 Å². The second kappa shape index (κ2) is 9.31. The summed E-state index contributed by atoms with van der Waals surface area (Å²) < 4.78 is 5.72. The number of ether oxygens (including phenoxy) is 1. The van der Waals surface area contributed by atoms with Crippen LogP contribution in [0, 0.1) is 12.1 Å². The summed E-state index contributed by atoms with van der Waals surface area (Å²) in [5.74, 6) is 1.01. The van der Waals surface area contributed by atoms with Crippen molar-refractivity contribution in [2.24, 2.45) is 0 Å². The highest BCUT2D eigenvalue weighted by atomic mass is 32.2. The number of aryl methyl sites for hydroxylation is 1. The second-order valence-electron chi connectivity index (χ2n) is 6.04. The number of carbonyl (C=O) groups is 2. The maximum absolute atomic E-state index is 11.8. The Morgan fingerprint density at radius 2 is 1.92 bits per heavy atom. The SMILES string of the molecule is Cc1cnc(C(=O)NCCSCCNC(=O)OC(C)(C)C)c[n+]1[O-]. The molecule has 0 bridgehead atoms. The molecule has 9 heteroatoms. The summed E-state index contributed by atoms with van der Waals surface area (Å²) in [6.45, 7) is 7.97. The third kappa shape index (κ3) is 8.00. The summed E-state index contributed by atoms with van der Waals surface area (Å²) in [6, 6.07) is 0. The van der Waals surface area contributed by atoms with Gasteiger partial charge in [-0.15, -0.1) is 0 Å². The van der Waals surface area contributed by atoms with Crippen LogP contribution in [0.5, 0.6) is 0 Å². The summed E-state index contributed by atoms with van der Waals surface area (Å²) in [7, 11) is 0. The molecular weight excluding hydrogens is 332 g/mol. The number of carbonyl (C=O) groups excluding carboxylic acids is 2. The van der Waals surface area contributed by atoms with E-state index in [0.29, 0.717) is 35.0 Å². The van der Waals surface area contributed by atoms with Gasteiger partial charge in [-0.2, -0.15) is 16.5 Å². The lowest BCUT2D eigenvalue weighted by Gasteiger charge is -2.19. The molecule has 24 heavy (non-hydrogen) atoms. The predicted molar refractivity (Wildman–Crippen MR) is 91.8 cm³/mol. The molecule has 0 unspecified atom stereocenters. The molecule has 2 amide bonds. The van der Waals surface area contributed by atoms with Gasteiger partial charge in [-0.3, -0.25) is 4.79 Å². The topological polar surface area (TPSA) is 107 Å². The van der Waals surface area contributed by atoms with Crippen molar-refractivity contribution in [3.05, 3.63) is 29.0 Å². The summed E-state index contributed by atoms with van der Waals surface area (Å²) in [5.41, 5.74) is 0.0140. The van der Waals surface area contributed by atoms with Crippen LogP contribution in [0.2, 0.25) is 0 Å². The second-order valence-corrected chi connectivity index (χ2v) is 7.26. The Bertz CT molecular complexity index is 575. The minimum absolute atomic E-state index is 0.0900. The van der Waals surface area contributed by atoms with Crippen molar-refractivity contribution in [1.82, 2.24) is 15.6 Å². The molecule has 0 fully saturated rings. The van der Waals surface area contributed by atoms with Gasteiger partial charge in [0.1, 0.15) is 5.60 Å². The van der Waals surface area contributed by atoms with E-state index in [9.17, 15) is 14.8 Å². The Hall–Kier alpha value is -2.03. The van der Waals surface area contributed by atoms with E-state index in [1.807, 2.05) is 0 Å². The molecule has 134 valence electrons. The maximum atomic E-state index is 11.8. The fraction of sp³-hybridized carbons (Fsp3) is 0.600. The number of hydrogen-bond donors (Lipinski definition) is 2. The lowest BCUT2D eigenvalue weighted by atomic mass is 10.2. The van der Waals surface area contributed by atoms with Gasteiger partial charge in [0.2, 0.25) is 11.9 Å². The number of alkyl carbamates (subject to hydrolysis) is 1. The van der Waals surface area contributed by atoms with Crippen LogP contribution in [0.25, 0.3) is 0 Å². The Balaban J connectivity index is 2.12. The smallest absolute Gasteiger partial charge is 0.407 e. The maximum Gasteiger partial charge on any atom is 0.407 e. The zero-order valence-corrected chi connectivity index (χ0v) is 15.2. The minimum Gasteiger partial charge on any atom is -0.618 e. The van der Waals surface area contributed by atoms with Gasteiger partial charge < -0.3 is 20.6 Å². The number of amides is 2. The monoisotopic (exact) mass is 356 g/mol. The molecule has 0 saturated carbocycles. The first-order valence-corrected chi connectivity index (χ1v) is 8.73. The first-order chi connectivity index (χ1) is 11.2. The van der Waals surface area contributed by atoms with Gasteiger partial charge in [-0.05, 0) is 20.8 Å². The average Bonchev–Trinajstić information content (AvgIpc) is 2.47. The lowest BCUT2D eigenvalue weighted by Crippen LogP contribution is -2.35. The van der Waals surface area contributed by atoms with E-state index in [0.717, 1.165) is 6.20 Å². The minimum atomic E-state index is -0.506. The average molecular weight is 356 g/mol. The van der Waals surface area contributed by atoms with E-state index >= 15 is 0 Å². The number of rotatable bonds is 7. The summed E-state index contributed by atoms with van der Waals surface area (Å²) in [5, 5.41) is 16.7. The molecule has 1 aromatic heterocycles. The van der Waals surface area contributed by atoms with Crippen molar-refractivity contribution in [3.63, 3.8) is 0 Å². The fourth-order valence-electron chi connectivity index (χ4n) is 1.55. The van der Waals surface area contributed by atoms with Gasteiger partial charge in [0.15, 0.2) is 5.69 Å². The van der Waals surface area contributed by atoms with E-state index in [1.165, 1.54) is 6.20 Å². The van der Waals surface area contributed by atoms with Crippen LogP contribution < -0.4 is 15.4 Å². The van der Waals surface area contributed by atoms with Crippen LogP contribution in [-0.2, 0) is 4.74 Å². The highest BCUT2D eigenvalue weighted by molar-refractivity contribution is 7.99.